The number of rotatable bonds is 4. The van der Waals surface area contributed by atoms with Gasteiger partial charge in [-0.05, 0) is 55.8 Å². The van der Waals surface area contributed by atoms with Crippen molar-refractivity contribution >= 4 is 22.8 Å². The molecule has 0 spiro atoms. The van der Waals surface area contributed by atoms with Gasteiger partial charge in [0.15, 0.2) is 0 Å². The van der Waals surface area contributed by atoms with Gasteiger partial charge in [-0.3, -0.25) is 4.99 Å². The third kappa shape index (κ3) is 3.92. The maximum absolute atomic E-state index is 5.52. The number of allylic oxidation sites excluding steroid dienone is 1. The molecule has 1 aromatic carbocycles. The first kappa shape index (κ1) is 19.6. The second-order valence-corrected chi connectivity index (χ2v) is 7.89. The monoisotopic (exact) mass is 390 g/mol. The predicted molar refractivity (Wildman–Crippen MR) is 121 cm³/mol. The van der Waals surface area contributed by atoms with E-state index in [-0.39, 0.29) is 0 Å². The van der Waals surface area contributed by atoms with Crippen LogP contribution in [0.1, 0.15) is 36.5 Å². The molecule has 3 heterocycles. The molecule has 0 amide bonds. The Kier molecular flexibility index (Phi) is 5.67. The number of aliphatic imine (C=N–C) groups is 1. The molecule has 2 aliphatic heterocycles. The first-order valence-electron chi connectivity index (χ1n) is 10.5. The summed E-state index contributed by atoms with van der Waals surface area (Å²) < 4.78 is 5.52. The van der Waals surface area contributed by atoms with Crippen LogP contribution in [-0.4, -0.2) is 55.9 Å². The van der Waals surface area contributed by atoms with Crippen molar-refractivity contribution < 1.29 is 4.74 Å². The van der Waals surface area contributed by atoms with E-state index in [9.17, 15) is 0 Å². The number of anilines is 1. The lowest BCUT2D eigenvalue weighted by Gasteiger charge is -2.27. The quantitative estimate of drug-likeness (QED) is 0.779. The molecule has 0 N–H and O–H groups in total. The molecule has 1 fully saturated rings. The highest BCUT2D eigenvalue weighted by Crippen LogP contribution is 2.40. The van der Waals surface area contributed by atoms with E-state index in [4.69, 9.17) is 14.7 Å². The smallest absolute Gasteiger partial charge is 0.137 e. The van der Waals surface area contributed by atoms with Gasteiger partial charge in [0.1, 0.15) is 11.6 Å². The molecule has 1 saturated heterocycles. The fraction of sp³-hybridized carbons (Fsp3) is 0.417. The van der Waals surface area contributed by atoms with Crippen LogP contribution < -0.4 is 9.64 Å². The summed E-state index contributed by atoms with van der Waals surface area (Å²) in [5.74, 6) is 1.89. The summed E-state index contributed by atoms with van der Waals surface area (Å²) in [7, 11) is 3.90. The van der Waals surface area contributed by atoms with E-state index in [2.05, 4.69) is 42.5 Å². The van der Waals surface area contributed by atoms with Crippen LogP contribution in [0.4, 0.5) is 11.5 Å². The lowest BCUT2D eigenvalue weighted by atomic mass is 9.89. The largest absolute Gasteiger partial charge is 0.497 e. The first-order valence-corrected chi connectivity index (χ1v) is 10.5. The van der Waals surface area contributed by atoms with E-state index in [0.717, 1.165) is 79.5 Å². The second kappa shape index (κ2) is 8.37. The van der Waals surface area contributed by atoms with Crippen LogP contribution in [0, 0.1) is 0 Å². The summed E-state index contributed by atoms with van der Waals surface area (Å²) in [6, 6.07) is 8.28. The van der Waals surface area contributed by atoms with Crippen LogP contribution in [0.3, 0.4) is 0 Å². The first-order chi connectivity index (χ1) is 14.1. The van der Waals surface area contributed by atoms with Gasteiger partial charge in [-0.15, -0.1) is 0 Å². The minimum atomic E-state index is 0.749. The zero-order valence-corrected chi connectivity index (χ0v) is 17.7. The fourth-order valence-corrected chi connectivity index (χ4v) is 4.31. The van der Waals surface area contributed by atoms with E-state index >= 15 is 0 Å². The third-order valence-electron chi connectivity index (χ3n) is 5.90. The van der Waals surface area contributed by atoms with Crippen molar-refractivity contribution in [3.8, 4) is 5.75 Å². The molecule has 0 bridgehead atoms. The van der Waals surface area contributed by atoms with Crippen LogP contribution in [0.25, 0.3) is 5.57 Å². The van der Waals surface area contributed by atoms with Crippen molar-refractivity contribution in [3.05, 3.63) is 53.7 Å². The van der Waals surface area contributed by atoms with Crippen LogP contribution in [-0.2, 0) is 6.42 Å². The summed E-state index contributed by atoms with van der Waals surface area (Å²) >= 11 is 0. The van der Waals surface area contributed by atoms with Crippen LogP contribution in [0.2, 0.25) is 0 Å². The number of pyridine rings is 1. The Morgan fingerprint density at radius 1 is 1.17 bits per heavy atom. The highest BCUT2D eigenvalue weighted by Gasteiger charge is 2.24. The zero-order chi connectivity index (χ0) is 20.4. The Morgan fingerprint density at radius 2 is 2.03 bits per heavy atom. The number of aryl methyl sites for hydroxylation is 1. The Hall–Kier alpha value is -2.66. The van der Waals surface area contributed by atoms with Crippen LogP contribution >= 0.6 is 0 Å². The normalized spacial score (nSPS) is 17.6. The van der Waals surface area contributed by atoms with Gasteiger partial charge in [0.2, 0.25) is 0 Å². The Bertz CT molecular complexity index is 950. The molecule has 29 heavy (non-hydrogen) atoms. The average Bonchev–Trinajstić information content (AvgIpc) is 2.97. The molecule has 0 atom stereocenters. The highest BCUT2D eigenvalue weighted by atomic mass is 16.5. The van der Waals surface area contributed by atoms with Gasteiger partial charge >= 0.3 is 0 Å². The van der Waals surface area contributed by atoms with Gasteiger partial charge in [0.05, 0.1) is 18.5 Å². The Labute approximate surface area is 173 Å². The molecular weight excluding hydrogens is 360 g/mol. The molecule has 152 valence electrons. The van der Waals surface area contributed by atoms with Crippen molar-refractivity contribution in [3.63, 3.8) is 0 Å². The van der Waals surface area contributed by atoms with Gasteiger partial charge in [-0.1, -0.05) is 13.5 Å². The van der Waals surface area contributed by atoms with Gasteiger partial charge < -0.3 is 14.5 Å². The van der Waals surface area contributed by atoms with Gasteiger partial charge in [0.25, 0.3) is 0 Å². The highest BCUT2D eigenvalue weighted by molar-refractivity contribution is 6.13. The molecule has 0 unspecified atom stereocenters. The minimum absolute atomic E-state index is 0.749. The molecular formula is C24H30N4O. The minimum Gasteiger partial charge on any atom is -0.497 e. The third-order valence-corrected chi connectivity index (χ3v) is 5.90. The van der Waals surface area contributed by atoms with Gasteiger partial charge in [-0.25, -0.2) is 4.98 Å². The number of methoxy groups -OCH3 is 1. The Balaban J connectivity index is 1.77. The number of nitrogens with zero attached hydrogens (tertiary/aromatic N) is 4. The predicted octanol–water partition coefficient (Wildman–Crippen LogP) is 4.33. The number of likely N-dealkylation sites (N-methyl/N-ethyl adjacent to an activating group) is 1. The summed E-state index contributed by atoms with van der Waals surface area (Å²) in [6.07, 6.45) is 4.71. The van der Waals surface area contributed by atoms with E-state index in [0.29, 0.717) is 0 Å². The van der Waals surface area contributed by atoms with E-state index in [1.54, 1.807) is 7.11 Å². The van der Waals surface area contributed by atoms with Crippen LogP contribution in [0.5, 0.6) is 5.75 Å². The summed E-state index contributed by atoms with van der Waals surface area (Å²) in [6.45, 7) is 10.7. The molecule has 4 rings (SSSR count). The molecule has 2 aromatic rings. The van der Waals surface area contributed by atoms with Crippen LogP contribution in [0.15, 0.2) is 42.0 Å². The van der Waals surface area contributed by atoms with E-state index in [1.165, 1.54) is 11.1 Å². The number of hydrogen-bond acceptors (Lipinski definition) is 5. The summed E-state index contributed by atoms with van der Waals surface area (Å²) in [5.41, 5.74) is 6.66. The fourth-order valence-electron chi connectivity index (χ4n) is 4.31. The molecule has 2 aliphatic rings. The average molecular weight is 391 g/mol. The van der Waals surface area contributed by atoms with Gasteiger partial charge in [0, 0.05) is 49.4 Å². The lowest BCUT2D eigenvalue weighted by Crippen LogP contribution is -2.30. The molecule has 0 radical (unpaired) electrons. The van der Waals surface area contributed by atoms with Crippen molar-refractivity contribution in [1.82, 2.24) is 9.88 Å². The second-order valence-electron chi connectivity index (χ2n) is 7.89. The molecule has 0 saturated carbocycles. The molecule has 5 nitrogen and oxygen atoms in total. The van der Waals surface area contributed by atoms with E-state index in [1.807, 2.05) is 18.3 Å². The SMILES string of the molecule is C=C1CC(c2cccnc2N2CCCN(C)CC2)=Nc2cc(OC)cc(CC)c21. The lowest BCUT2D eigenvalue weighted by molar-refractivity contribution is 0.360. The number of ether oxygens (including phenoxy) is 1. The van der Waals surface area contributed by atoms with E-state index < -0.39 is 0 Å². The molecule has 0 aliphatic carbocycles. The topological polar surface area (TPSA) is 41.0 Å². The van der Waals surface area contributed by atoms with Crippen molar-refractivity contribution in [2.75, 3.05) is 45.2 Å². The summed E-state index contributed by atoms with van der Waals surface area (Å²) in [5, 5.41) is 0. The zero-order valence-electron chi connectivity index (χ0n) is 17.7. The number of aromatic nitrogens is 1. The standard InChI is InChI=1S/C24H30N4O/c1-5-18-15-19(29-4)16-22-23(18)17(2)14-21(26-22)20-8-6-9-25-24(20)28-11-7-10-27(3)12-13-28/h6,8-9,15-16H,2,5,7,10-14H2,1,3-4H3. The number of benzene rings is 1. The summed E-state index contributed by atoms with van der Waals surface area (Å²) in [4.78, 5) is 14.6. The van der Waals surface area contributed by atoms with Crippen molar-refractivity contribution in [2.45, 2.75) is 26.2 Å². The number of hydrogen-bond donors (Lipinski definition) is 0. The van der Waals surface area contributed by atoms with Gasteiger partial charge in [-0.2, -0.15) is 0 Å². The number of fused-ring (bicyclic) bond motifs is 1. The maximum Gasteiger partial charge on any atom is 0.137 e. The molecule has 5 heteroatoms. The maximum atomic E-state index is 5.52. The Morgan fingerprint density at radius 3 is 2.83 bits per heavy atom. The van der Waals surface area contributed by atoms with Crippen molar-refractivity contribution in [1.29, 1.82) is 0 Å². The van der Waals surface area contributed by atoms with Crippen molar-refractivity contribution in [2.24, 2.45) is 4.99 Å². The molecule has 1 aromatic heterocycles.